The molecule has 3 heterocycles. The van der Waals surface area contributed by atoms with Crippen LogP contribution in [0, 0.1) is 0 Å². The van der Waals surface area contributed by atoms with E-state index in [1.165, 1.54) is 0 Å². The van der Waals surface area contributed by atoms with Crippen LogP contribution in [0.1, 0.15) is 46.3 Å². The Balaban J connectivity index is 0.00000182. The number of amides is 1. The summed E-state index contributed by atoms with van der Waals surface area (Å²) in [4.78, 5) is 14.8. The summed E-state index contributed by atoms with van der Waals surface area (Å²) in [7, 11) is 1.65. The zero-order chi connectivity index (χ0) is 16.5. The van der Waals surface area contributed by atoms with Gasteiger partial charge in [0.15, 0.2) is 5.76 Å². The molecule has 0 radical (unpaired) electrons. The first-order chi connectivity index (χ1) is 11.8. The number of halogens is 1. The maximum atomic E-state index is 13.0. The molecule has 1 fully saturated rings. The molecule has 7 heteroatoms. The first-order valence-corrected chi connectivity index (χ1v) is 8.40. The first kappa shape index (κ1) is 17.8. The van der Waals surface area contributed by atoms with Gasteiger partial charge in [0.1, 0.15) is 17.0 Å². The summed E-state index contributed by atoms with van der Waals surface area (Å²) in [6.45, 7) is 2.21. The van der Waals surface area contributed by atoms with Crippen LogP contribution in [-0.4, -0.2) is 36.2 Å². The first-order valence-electron chi connectivity index (χ1n) is 8.40. The van der Waals surface area contributed by atoms with E-state index in [1.807, 2.05) is 29.2 Å². The highest BCUT2D eigenvalue weighted by molar-refractivity contribution is 5.97. The fraction of sp³-hybridized carbons (Fsp3) is 0.444. The number of fused-ring (bicyclic) bond motifs is 1. The van der Waals surface area contributed by atoms with E-state index in [0.717, 1.165) is 48.6 Å². The second-order valence-corrected chi connectivity index (χ2v) is 6.34. The quantitative estimate of drug-likeness (QED) is 0.904. The van der Waals surface area contributed by atoms with E-state index >= 15 is 0 Å². The maximum absolute atomic E-state index is 13.0. The molecule has 1 saturated heterocycles. The lowest BCUT2D eigenvalue weighted by atomic mass is 10.00. The fourth-order valence-electron chi connectivity index (χ4n) is 3.49. The van der Waals surface area contributed by atoms with Crippen molar-refractivity contribution < 1.29 is 14.1 Å². The molecule has 1 unspecified atom stereocenters. The van der Waals surface area contributed by atoms with Gasteiger partial charge in [-0.15, -0.1) is 12.4 Å². The van der Waals surface area contributed by atoms with Crippen molar-refractivity contribution in [2.75, 3.05) is 20.2 Å². The normalized spacial score (nSPS) is 19.5. The molecular formula is C18H22ClN3O3. The van der Waals surface area contributed by atoms with E-state index in [4.69, 9.17) is 9.26 Å². The number of methoxy groups -OCH3 is 1. The third kappa shape index (κ3) is 3.37. The number of carbonyl (C=O) groups is 1. The summed E-state index contributed by atoms with van der Waals surface area (Å²) >= 11 is 0. The predicted molar refractivity (Wildman–Crippen MR) is 95.2 cm³/mol. The van der Waals surface area contributed by atoms with Crippen molar-refractivity contribution in [1.29, 1.82) is 0 Å². The molecule has 6 nitrogen and oxygen atoms in total. The molecule has 0 saturated carbocycles. The molecule has 2 aliphatic heterocycles. The average Bonchev–Trinajstić information content (AvgIpc) is 3.27. The van der Waals surface area contributed by atoms with Gasteiger partial charge in [-0.1, -0.05) is 17.3 Å². The Labute approximate surface area is 152 Å². The Hall–Kier alpha value is -2.05. The van der Waals surface area contributed by atoms with Gasteiger partial charge in [-0.3, -0.25) is 4.79 Å². The van der Waals surface area contributed by atoms with E-state index in [2.05, 4.69) is 10.5 Å². The third-order valence-corrected chi connectivity index (χ3v) is 4.82. The van der Waals surface area contributed by atoms with Crippen LogP contribution in [0.25, 0.3) is 0 Å². The second kappa shape index (κ2) is 7.45. The second-order valence-electron chi connectivity index (χ2n) is 6.34. The van der Waals surface area contributed by atoms with Gasteiger partial charge in [0.2, 0.25) is 0 Å². The number of ether oxygens (including phenoxy) is 1. The number of rotatable bonds is 4. The van der Waals surface area contributed by atoms with Gasteiger partial charge in [0.25, 0.3) is 5.91 Å². The Kier molecular flexibility index (Phi) is 5.30. The van der Waals surface area contributed by atoms with Gasteiger partial charge in [-0.25, -0.2) is 0 Å². The van der Waals surface area contributed by atoms with Crippen molar-refractivity contribution in [3.63, 3.8) is 0 Å². The van der Waals surface area contributed by atoms with Crippen LogP contribution in [0.4, 0.5) is 0 Å². The number of carbonyl (C=O) groups excluding carboxylic acids is 1. The lowest BCUT2D eigenvalue weighted by Gasteiger charge is -2.26. The summed E-state index contributed by atoms with van der Waals surface area (Å²) in [5.74, 6) is 1.58. The van der Waals surface area contributed by atoms with Gasteiger partial charge < -0.3 is 19.5 Å². The minimum atomic E-state index is 0. The summed E-state index contributed by atoms with van der Waals surface area (Å²) in [5, 5.41) is 7.59. The molecule has 2 aliphatic rings. The number of hydrogen-bond acceptors (Lipinski definition) is 5. The van der Waals surface area contributed by atoms with Gasteiger partial charge in [-0.2, -0.15) is 0 Å². The van der Waals surface area contributed by atoms with Crippen LogP contribution >= 0.6 is 12.4 Å². The van der Waals surface area contributed by atoms with Crippen LogP contribution in [0.3, 0.4) is 0 Å². The van der Waals surface area contributed by atoms with E-state index in [1.54, 1.807) is 7.11 Å². The van der Waals surface area contributed by atoms with Crippen molar-refractivity contribution in [2.45, 2.75) is 31.8 Å². The average molecular weight is 364 g/mol. The molecule has 1 aromatic carbocycles. The number of aromatic nitrogens is 1. The number of nitrogens with zero attached hydrogens (tertiary/aromatic N) is 2. The maximum Gasteiger partial charge on any atom is 0.259 e. The molecular weight excluding hydrogens is 342 g/mol. The number of hydrogen-bond donors (Lipinski definition) is 1. The van der Waals surface area contributed by atoms with Crippen molar-refractivity contribution in [1.82, 2.24) is 15.4 Å². The summed E-state index contributed by atoms with van der Waals surface area (Å²) in [6, 6.07) is 7.97. The third-order valence-electron chi connectivity index (χ3n) is 4.82. The van der Waals surface area contributed by atoms with Crippen LogP contribution in [0.5, 0.6) is 5.75 Å². The Morgan fingerprint density at radius 1 is 1.36 bits per heavy atom. The monoisotopic (exact) mass is 363 g/mol. The summed E-state index contributed by atoms with van der Waals surface area (Å²) < 4.78 is 10.6. The Morgan fingerprint density at radius 3 is 2.84 bits per heavy atom. The van der Waals surface area contributed by atoms with E-state index in [0.29, 0.717) is 18.7 Å². The van der Waals surface area contributed by atoms with Gasteiger partial charge >= 0.3 is 0 Å². The van der Waals surface area contributed by atoms with Crippen LogP contribution in [-0.2, 0) is 13.0 Å². The molecule has 0 bridgehead atoms. The molecule has 2 aromatic rings. The largest absolute Gasteiger partial charge is 0.497 e. The van der Waals surface area contributed by atoms with Crippen LogP contribution in [0.2, 0.25) is 0 Å². The van der Waals surface area contributed by atoms with Crippen LogP contribution < -0.4 is 10.1 Å². The predicted octanol–water partition coefficient (Wildman–Crippen LogP) is 2.73. The van der Waals surface area contributed by atoms with E-state index in [-0.39, 0.29) is 24.4 Å². The lowest BCUT2D eigenvalue weighted by molar-refractivity contribution is 0.0717. The minimum Gasteiger partial charge on any atom is -0.497 e. The van der Waals surface area contributed by atoms with Crippen molar-refractivity contribution >= 4 is 18.3 Å². The smallest absolute Gasteiger partial charge is 0.259 e. The van der Waals surface area contributed by atoms with Gasteiger partial charge in [-0.05, 0) is 37.1 Å². The Bertz CT molecular complexity index is 739. The van der Waals surface area contributed by atoms with E-state index < -0.39 is 0 Å². The fourth-order valence-corrected chi connectivity index (χ4v) is 3.49. The van der Waals surface area contributed by atoms with Crippen LogP contribution in [0.15, 0.2) is 28.8 Å². The molecule has 0 aliphatic carbocycles. The van der Waals surface area contributed by atoms with Gasteiger partial charge in [0.05, 0.1) is 13.2 Å². The zero-order valence-corrected chi connectivity index (χ0v) is 15.0. The molecule has 25 heavy (non-hydrogen) atoms. The highest BCUT2D eigenvalue weighted by atomic mass is 35.5. The molecule has 4 rings (SSSR count). The van der Waals surface area contributed by atoms with Crippen molar-refractivity contribution in [3.05, 3.63) is 46.8 Å². The standard InChI is InChI=1S/C18H21N3O3.ClH/c1-23-13-6-4-12(5-7-13)11-21-10-8-15-16(18(21)22)17(20-24-15)14-3-2-9-19-14;/h4-7,14,19H,2-3,8-11H2,1H3;1H. The summed E-state index contributed by atoms with van der Waals surface area (Å²) in [6.07, 6.45) is 2.83. The zero-order valence-electron chi connectivity index (χ0n) is 14.2. The molecule has 1 amide bonds. The molecule has 1 N–H and O–H groups in total. The number of nitrogens with one attached hydrogen (secondary N) is 1. The SMILES string of the molecule is COc1ccc(CN2CCc3onc(C4CCCN4)c3C2=O)cc1.Cl. The molecule has 0 spiro atoms. The molecule has 1 aromatic heterocycles. The summed E-state index contributed by atoms with van der Waals surface area (Å²) in [5.41, 5.74) is 2.55. The topological polar surface area (TPSA) is 67.6 Å². The molecule has 1 atom stereocenters. The highest BCUT2D eigenvalue weighted by Crippen LogP contribution is 2.31. The Morgan fingerprint density at radius 2 is 2.16 bits per heavy atom. The number of benzene rings is 1. The van der Waals surface area contributed by atoms with E-state index in [9.17, 15) is 4.79 Å². The minimum absolute atomic E-state index is 0. The lowest BCUT2D eigenvalue weighted by Crippen LogP contribution is -2.37. The van der Waals surface area contributed by atoms with Gasteiger partial charge in [0, 0.05) is 19.5 Å². The van der Waals surface area contributed by atoms with Crippen molar-refractivity contribution in [3.8, 4) is 5.75 Å². The highest BCUT2D eigenvalue weighted by Gasteiger charge is 2.35. The van der Waals surface area contributed by atoms with Crippen molar-refractivity contribution in [2.24, 2.45) is 0 Å². The molecule has 134 valence electrons.